The van der Waals surface area contributed by atoms with E-state index in [9.17, 15) is 13.2 Å². The van der Waals surface area contributed by atoms with Crippen LogP contribution in [-0.4, -0.2) is 4.98 Å². The van der Waals surface area contributed by atoms with E-state index in [4.69, 9.17) is 5.73 Å². The number of hydrogen-bond acceptors (Lipinski definition) is 2. The van der Waals surface area contributed by atoms with E-state index in [2.05, 4.69) is 4.98 Å². The first kappa shape index (κ1) is 10.5. The van der Waals surface area contributed by atoms with Gasteiger partial charge in [0.05, 0.1) is 11.2 Å². The zero-order valence-corrected chi connectivity index (χ0v) is 7.67. The minimum Gasteiger partial charge on any atom is -0.669 e. The normalized spacial score (nSPS) is 14.5. The third kappa shape index (κ3) is 2.41. The fraction of sp³-hybridized carbons (Fsp3) is 0.571. The van der Waals surface area contributed by atoms with Crippen LogP contribution in [0.4, 0.5) is 13.2 Å². The lowest BCUT2D eigenvalue weighted by Crippen LogP contribution is -2.00. The van der Waals surface area contributed by atoms with Gasteiger partial charge in [0.25, 0.3) is 0 Å². The van der Waals surface area contributed by atoms with Crippen LogP contribution in [0.1, 0.15) is 29.3 Å². The van der Waals surface area contributed by atoms with Crippen molar-refractivity contribution < 1.29 is 13.2 Å². The molecule has 0 fully saturated rings. The molecule has 2 nitrogen and oxygen atoms in total. The number of halogens is 3. The van der Waals surface area contributed by atoms with E-state index in [0.717, 1.165) is 6.20 Å². The zero-order chi connectivity index (χ0) is 10.1. The predicted molar refractivity (Wildman–Crippen MR) is 44.5 cm³/mol. The molecule has 0 radical (unpaired) electrons. The Morgan fingerprint density at radius 2 is 2.23 bits per heavy atom. The van der Waals surface area contributed by atoms with E-state index >= 15 is 0 Å². The monoisotopic (exact) mass is 209 g/mol. The Labute approximate surface area is 77.6 Å². The van der Waals surface area contributed by atoms with Gasteiger partial charge in [-0.05, 0) is 0 Å². The van der Waals surface area contributed by atoms with Crippen LogP contribution < -0.4 is 0 Å². The number of rotatable bonds is 2. The van der Waals surface area contributed by atoms with Gasteiger partial charge in [-0.1, -0.05) is 19.4 Å². The van der Waals surface area contributed by atoms with Crippen molar-refractivity contribution in [2.75, 3.05) is 0 Å². The van der Waals surface area contributed by atoms with Crippen molar-refractivity contribution in [2.24, 2.45) is 0 Å². The molecule has 1 atom stereocenters. The van der Waals surface area contributed by atoms with Crippen LogP contribution in [0.3, 0.4) is 0 Å². The van der Waals surface area contributed by atoms with Crippen molar-refractivity contribution in [2.45, 2.75) is 25.6 Å². The molecule has 0 spiro atoms. The Balaban J connectivity index is 2.87. The molecule has 0 bridgehead atoms. The molecule has 0 aliphatic carbocycles. The van der Waals surface area contributed by atoms with Gasteiger partial charge in [-0.25, -0.2) is 0 Å². The lowest BCUT2D eigenvalue weighted by molar-refractivity contribution is -0.134. The highest BCUT2D eigenvalue weighted by atomic mass is 32.1. The second-order valence-electron chi connectivity index (χ2n) is 2.52. The van der Waals surface area contributed by atoms with Gasteiger partial charge in [-0.2, -0.15) is 13.2 Å². The highest BCUT2D eigenvalue weighted by molar-refractivity contribution is 7.11. The summed E-state index contributed by atoms with van der Waals surface area (Å²) in [6, 6.07) is -0.638. The van der Waals surface area contributed by atoms with Gasteiger partial charge in [0.15, 0.2) is 0 Å². The molecule has 0 aliphatic rings. The second kappa shape index (κ2) is 3.63. The number of alkyl halides is 3. The van der Waals surface area contributed by atoms with Crippen molar-refractivity contribution in [1.29, 1.82) is 0 Å². The van der Waals surface area contributed by atoms with Gasteiger partial charge < -0.3 is 5.73 Å². The molecule has 1 aromatic rings. The lowest BCUT2D eigenvalue weighted by atomic mass is 10.3. The van der Waals surface area contributed by atoms with Crippen LogP contribution in [0.15, 0.2) is 6.20 Å². The predicted octanol–water partition coefficient (Wildman–Crippen LogP) is 3.67. The molecular formula is C7H8F3N2S-. The summed E-state index contributed by atoms with van der Waals surface area (Å²) in [6.45, 7) is 1.74. The summed E-state index contributed by atoms with van der Waals surface area (Å²) in [6.07, 6.45) is -3.06. The highest BCUT2D eigenvalue weighted by Gasteiger charge is 2.33. The van der Waals surface area contributed by atoms with Gasteiger partial charge in [0.1, 0.15) is 4.88 Å². The molecular weight excluding hydrogens is 201 g/mol. The summed E-state index contributed by atoms with van der Waals surface area (Å²) in [7, 11) is 0. The van der Waals surface area contributed by atoms with Crippen LogP contribution in [0.2, 0.25) is 0 Å². The van der Waals surface area contributed by atoms with Gasteiger partial charge in [-0.15, -0.1) is 11.3 Å². The van der Waals surface area contributed by atoms with Crippen molar-refractivity contribution >= 4 is 11.3 Å². The third-order valence-electron chi connectivity index (χ3n) is 1.51. The van der Waals surface area contributed by atoms with E-state index in [1.807, 2.05) is 0 Å². The molecule has 0 saturated carbocycles. The summed E-state index contributed by atoms with van der Waals surface area (Å²) in [5.41, 5.74) is 7.36. The van der Waals surface area contributed by atoms with Gasteiger partial charge in [0.2, 0.25) is 0 Å². The average molecular weight is 209 g/mol. The first-order chi connectivity index (χ1) is 5.95. The molecule has 0 aliphatic heterocycles. The first-order valence-corrected chi connectivity index (χ1v) is 4.50. The molecule has 1 N–H and O–H groups in total. The molecule has 0 aromatic carbocycles. The van der Waals surface area contributed by atoms with E-state index < -0.39 is 17.1 Å². The van der Waals surface area contributed by atoms with Gasteiger partial charge in [-0.3, -0.25) is 4.98 Å². The highest BCUT2D eigenvalue weighted by Crippen LogP contribution is 2.35. The van der Waals surface area contributed by atoms with Gasteiger partial charge in [0, 0.05) is 0 Å². The van der Waals surface area contributed by atoms with Crippen LogP contribution in [-0.2, 0) is 6.18 Å². The summed E-state index contributed by atoms with van der Waals surface area (Å²) in [4.78, 5) is 2.84. The molecule has 13 heavy (non-hydrogen) atoms. The van der Waals surface area contributed by atoms with Crippen molar-refractivity contribution in [3.8, 4) is 0 Å². The fourth-order valence-electron chi connectivity index (χ4n) is 0.754. The van der Waals surface area contributed by atoms with Crippen LogP contribution in [0.25, 0.3) is 5.73 Å². The summed E-state index contributed by atoms with van der Waals surface area (Å²) < 4.78 is 36.2. The number of nitrogens with one attached hydrogen (secondary N) is 1. The van der Waals surface area contributed by atoms with Crippen molar-refractivity contribution in [3.05, 3.63) is 21.8 Å². The van der Waals surface area contributed by atoms with E-state index in [0.29, 0.717) is 17.8 Å². The standard InChI is InChI=1S/C7H8F3N2S/c1-2-4(11)6-12-3-5(13-6)7(8,9)10/h3-4,11H,2H2,1H3/q-1. The van der Waals surface area contributed by atoms with Crippen LogP contribution >= 0.6 is 11.3 Å². The Hall–Kier alpha value is -0.620. The summed E-state index contributed by atoms with van der Waals surface area (Å²) in [5, 5.41) is 0.231. The number of nitrogens with zero attached hydrogens (tertiary/aromatic N) is 1. The Kier molecular flexibility index (Phi) is 2.92. The molecule has 74 valence electrons. The third-order valence-corrected chi connectivity index (χ3v) is 2.67. The maximum atomic E-state index is 12.1. The zero-order valence-electron chi connectivity index (χ0n) is 6.85. The van der Waals surface area contributed by atoms with Crippen LogP contribution in [0.5, 0.6) is 0 Å². The fourth-order valence-corrected chi connectivity index (χ4v) is 1.62. The number of hydrogen-bond donors (Lipinski definition) is 0. The van der Waals surface area contributed by atoms with E-state index in [-0.39, 0.29) is 5.01 Å². The smallest absolute Gasteiger partial charge is 0.427 e. The molecule has 1 rings (SSSR count). The maximum Gasteiger partial charge on any atom is 0.427 e. The van der Waals surface area contributed by atoms with Crippen LogP contribution in [0, 0.1) is 0 Å². The molecule has 1 aromatic heterocycles. The Morgan fingerprint density at radius 1 is 1.62 bits per heavy atom. The largest absolute Gasteiger partial charge is 0.669 e. The number of aromatic nitrogens is 1. The van der Waals surface area contributed by atoms with Crippen molar-refractivity contribution in [1.82, 2.24) is 4.98 Å². The van der Waals surface area contributed by atoms with E-state index in [1.165, 1.54) is 0 Å². The molecule has 0 saturated heterocycles. The Morgan fingerprint density at radius 3 is 2.62 bits per heavy atom. The minimum atomic E-state index is -4.33. The molecule has 1 heterocycles. The lowest BCUT2D eigenvalue weighted by Gasteiger charge is -2.12. The molecule has 0 amide bonds. The topological polar surface area (TPSA) is 36.7 Å². The summed E-state index contributed by atoms with van der Waals surface area (Å²) >= 11 is 0.549. The molecule has 1 unspecified atom stereocenters. The van der Waals surface area contributed by atoms with E-state index in [1.54, 1.807) is 6.92 Å². The van der Waals surface area contributed by atoms with Crippen molar-refractivity contribution in [3.63, 3.8) is 0 Å². The first-order valence-electron chi connectivity index (χ1n) is 3.69. The minimum absolute atomic E-state index is 0.231. The summed E-state index contributed by atoms with van der Waals surface area (Å²) in [5.74, 6) is 0. The maximum absolute atomic E-state index is 12.1. The number of thiazole rings is 1. The average Bonchev–Trinajstić information content (AvgIpc) is 2.50. The second-order valence-corrected chi connectivity index (χ2v) is 3.58. The van der Waals surface area contributed by atoms with Gasteiger partial charge >= 0.3 is 6.18 Å². The SMILES string of the molecule is CCC([NH-])c1ncc(C(F)(F)F)s1. The molecule has 6 heteroatoms. The Bertz CT molecular complexity index is 282. The quantitative estimate of drug-likeness (QED) is 0.732.